The molecule has 1 aromatic carbocycles. The summed E-state index contributed by atoms with van der Waals surface area (Å²) < 4.78 is 0. The van der Waals surface area contributed by atoms with Gasteiger partial charge in [-0.2, -0.15) is 0 Å². The molecule has 0 saturated heterocycles. The van der Waals surface area contributed by atoms with Gasteiger partial charge in [0.05, 0.1) is 0 Å². The lowest BCUT2D eigenvalue weighted by Gasteiger charge is -2.13. The molecule has 0 saturated carbocycles. The molecule has 6 nitrogen and oxygen atoms in total. The molecule has 2 rings (SSSR count). The van der Waals surface area contributed by atoms with Gasteiger partial charge in [0.15, 0.2) is 5.96 Å². The molecule has 150 valence electrons. The third kappa shape index (κ3) is 8.63. The number of hydrogen-bond acceptors (Lipinski definition) is 4. The Bertz CT molecular complexity index is 753. The average Bonchev–Trinajstić information content (AvgIpc) is 2.70. The molecule has 8 heteroatoms. The summed E-state index contributed by atoms with van der Waals surface area (Å²) in [4.78, 5) is 23.2. The summed E-state index contributed by atoms with van der Waals surface area (Å²) in [5.41, 5.74) is 1.01. The fourth-order valence-electron chi connectivity index (χ4n) is 2.19. The maximum absolute atomic E-state index is 11.8. The Morgan fingerprint density at radius 1 is 1.14 bits per heavy atom. The molecule has 0 unspecified atom stereocenters. The van der Waals surface area contributed by atoms with Gasteiger partial charge >= 0.3 is 0 Å². The molecule has 28 heavy (non-hydrogen) atoms. The van der Waals surface area contributed by atoms with Gasteiger partial charge in [-0.05, 0) is 36.4 Å². The number of guanidine groups is 1. The lowest BCUT2D eigenvalue weighted by molar-refractivity contribution is -0.127. The molecule has 0 aliphatic rings. The second kappa shape index (κ2) is 12.3. The van der Waals surface area contributed by atoms with E-state index in [9.17, 15) is 4.79 Å². The molecule has 0 aliphatic heterocycles. The first-order chi connectivity index (χ1) is 13.5. The molecule has 0 fully saturated rings. The normalized spacial score (nSPS) is 11.2. The van der Waals surface area contributed by atoms with Crippen LogP contribution in [0.25, 0.3) is 0 Å². The zero-order valence-electron chi connectivity index (χ0n) is 16.2. The SMILES string of the molecule is CN(C)C(=O)CN=C(NCCSc1ccc(Cl)cc1)NCCc1ccccn1. The van der Waals surface area contributed by atoms with Crippen LogP contribution in [0.5, 0.6) is 0 Å². The van der Waals surface area contributed by atoms with Crippen molar-refractivity contribution < 1.29 is 4.79 Å². The van der Waals surface area contributed by atoms with E-state index in [4.69, 9.17) is 11.6 Å². The number of rotatable bonds is 9. The van der Waals surface area contributed by atoms with E-state index in [1.807, 2.05) is 42.5 Å². The van der Waals surface area contributed by atoms with Gasteiger partial charge in [0, 0.05) is 61.2 Å². The quantitative estimate of drug-likeness (QED) is 0.283. The fourth-order valence-corrected chi connectivity index (χ4v) is 3.08. The van der Waals surface area contributed by atoms with Crippen molar-refractivity contribution in [3.05, 3.63) is 59.4 Å². The van der Waals surface area contributed by atoms with E-state index in [-0.39, 0.29) is 12.5 Å². The van der Waals surface area contributed by atoms with E-state index in [0.717, 1.165) is 34.3 Å². The number of likely N-dealkylation sites (N-methyl/N-ethyl adjacent to an activating group) is 1. The molecular weight excluding hydrogens is 394 g/mol. The van der Waals surface area contributed by atoms with Crippen LogP contribution in [0.15, 0.2) is 58.5 Å². The standard InChI is InChI=1S/C20H26ClN5OS/c1-26(2)19(27)15-25-20(23-12-10-17-5-3-4-11-22-17)24-13-14-28-18-8-6-16(21)7-9-18/h3-9,11H,10,12-15H2,1-2H3,(H2,23,24,25). The summed E-state index contributed by atoms with van der Waals surface area (Å²) in [6.07, 6.45) is 2.56. The highest BCUT2D eigenvalue weighted by molar-refractivity contribution is 7.99. The van der Waals surface area contributed by atoms with Crippen LogP contribution in [0.1, 0.15) is 5.69 Å². The van der Waals surface area contributed by atoms with Gasteiger partial charge in [-0.25, -0.2) is 4.99 Å². The van der Waals surface area contributed by atoms with Crippen LogP contribution in [0.3, 0.4) is 0 Å². The average molecular weight is 420 g/mol. The molecule has 1 heterocycles. The van der Waals surface area contributed by atoms with E-state index < -0.39 is 0 Å². The van der Waals surface area contributed by atoms with Crippen molar-refractivity contribution in [2.75, 3.05) is 39.5 Å². The molecule has 0 aliphatic carbocycles. The number of aromatic nitrogens is 1. The minimum absolute atomic E-state index is 0.0404. The number of nitrogens with one attached hydrogen (secondary N) is 2. The van der Waals surface area contributed by atoms with Crippen LogP contribution < -0.4 is 10.6 Å². The second-order valence-electron chi connectivity index (χ2n) is 6.18. The summed E-state index contributed by atoms with van der Waals surface area (Å²) in [6, 6.07) is 13.6. The van der Waals surface area contributed by atoms with Gasteiger partial charge in [-0.1, -0.05) is 17.7 Å². The molecule has 0 radical (unpaired) electrons. The molecule has 1 amide bonds. The predicted octanol–water partition coefficient (Wildman–Crippen LogP) is 2.69. The topological polar surface area (TPSA) is 69.6 Å². The van der Waals surface area contributed by atoms with Crippen LogP contribution in [-0.4, -0.2) is 61.2 Å². The minimum atomic E-state index is -0.0404. The van der Waals surface area contributed by atoms with E-state index in [1.165, 1.54) is 4.90 Å². The lowest BCUT2D eigenvalue weighted by atomic mass is 10.3. The van der Waals surface area contributed by atoms with Gasteiger partial charge in [-0.15, -0.1) is 11.8 Å². The van der Waals surface area contributed by atoms with Crippen LogP contribution in [0.2, 0.25) is 5.02 Å². The van der Waals surface area contributed by atoms with Crippen molar-refractivity contribution in [1.82, 2.24) is 20.5 Å². The maximum Gasteiger partial charge on any atom is 0.243 e. The van der Waals surface area contributed by atoms with Crippen LogP contribution in [0.4, 0.5) is 0 Å². The molecule has 0 spiro atoms. The summed E-state index contributed by atoms with van der Waals surface area (Å²) in [7, 11) is 3.45. The molecule has 0 bridgehead atoms. The Morgan fingerprint density at radius 3 is 2.57 bits per heavy atom. The first kappa shape index (κ1) is 22.0. The Labute approximate surface area is 175 Å². The summed E-state index contributed by atoms with van der Waals surface area (Å²) >= 11 is 7.64. The Kier molecular flexibility index (Phi) is 9.65. The number of pyridine rings is 1. The van der Waals surface area contributed by atoms with Gasteiger partial charge in [-0.3, -0.25) is 9.78 Å². The summed E-state index contributed by atoms with van der Waals surface area (Å²) in [5.74, 6) is 1.45. The summed E-state index contributed by atoms with van der Waals surface area (Å²) in [6.45, 7) is 1.51. The van der Waals surface area contributed by atoms with Crippen molar-refractivity contribution in [3.8, 4) is 0 Å². The monoisotopic (exact) mass is 419 g/mol. The molecule has 0 atom stereocenters. The Morgan fingerprint density at radius 2 is 1.89 bits per heavy atom. The zero-order chi connectivity index (χ0) is 20.2. The van der Waals surface area contributed by atoms with Crippen LogP contribution >= 0.6 is 23.4 Å². The van der Waals surface area contributed by atoms with Crippen molar-refractivity contribution >= 4 is 35.2 Å². The number of carbonyl (C=O) groups excluding carboxylic acids is 1. The third-order valence-corrected chi connectivity index (χ3v) is 5.01. The van der Waals surface area contributed by atoms with E-state index in [2.05, 4.69) is 20.6 Å². The molecular formula is C20H26ClN5OS. The number of benzene rings is 1. The number of carbonyl (C=O) groups is 1. The van der Waals surface area contributed by atoms with E-state index in [0.29, 0.717) is 12.5 Å². The van der Waals surface area contributed by atoms with E-state index in [1.54, 1.807) is 32.1 Å². The number of thioether (sulfide) groups is 1. The summed E-state index contributed by atoms with van der Waals surface area (Å²) in [5, 5.41) is 7.29. The number of halogens is 1. The third-order valence-electron chi connectivity index (χ3n) is 3.75. The molecule has 2 N–H and O–H groups in total. The lowest BCUT2D eigenvalue weighted by Crippen LogP contribution is -2.40. The highest BCUT2D eigenvalue weighted by Crippen LogP contribution is 2.19. The number of nitrogens with zero attached hydrogens (tertiary/aromatic N) is 3. The first-order valence-electron chi connectivity index (χ1n) is 9.05. The van der Waals surface area contributed by atoms with Crippen molar-refractivity contribution in [2.24, 2.45) is 4.99 Å². The highest BCUT2D eigenvalue weighted by Gasteiger charge is 2.05. The van der Waals surface area contributed by atoms with Crippen molar-refractivity contribution in [3.63, 3.8) is 0 Å². The van der Waals surface area contributed by atoms with Gasteiger partial charge in [0.1, 0.15) is 6.54 Å². The minimum Gasteiger partial charge on any atom is -0.356 e. The van der Waals surface area contributed by atoms with Gasteiger partial charge < -0.3 is 15.5 Å². The van der Waals surface area contributed by atoms with E-state index >= 15 is 0 Å². The van der Waals surface area contributed by atoms with Crippen LogP contribution in [0, 0.1) is 0 Å². The largest absolute Gasteiger partial charge is 0.356 e. The van der Waals surface area contributed by atoms with Crippen molar-refractivity contribution in [1.29, 1.82) is 0 Å². The highest BCUT2D eigenvalue weighted by atomic mass is 35.5. The fraction of sp³-hybridized carbons (Fsp3) is 0.350. The molecule has 1 aromatic heterocycles. The second-order valence-corrected chi connectivity index (χ2v) is 7.78. The van der Waals surface area contributed by atoms with Crippen LogP contribution in [-0.2, 0) is 11.2 Å². The first-order valence-corrected chi connectivity index (χ1v) is 10.4. The van der Waals surface area contributed by atoms with Crippen molar-refractivity contribution in [2.45, 2.75) is 11.3 Å². The van der Waals surface area contributed by atoms with Gasteiger partial charge in [0.25, 0.3) is 0 Å². The smallest absolute Gasteiger partial charge is 0.243 e. The van der Waals surface area contributed by atoms with Gasteiger partial charge in [0.2, 0.25) is 5.91 Å². The zero-order valence-corrected chi connectivity index (χ0v) is 17.8. The maximum atomic E-state index is 11.8. The number of hydrogen-bond donors (Lipinski definition) is 2. The number of aliphatic imine (C=N–C) groups is 1. The predicted molar refractivity (Wildman–Crippen MR) is 117 cm³/mol. The number of amides is 1. The molecule has 2 aromatic rings. The Hall–Kier alpha value is -2.25. The Balaban J connectivity index is 1.81.